The van der Waals surface area contributed by atoms with Crippen LogP contribution >= 0.6 is 0 Å². The lowest BCUT2D eigenvalue weighted by Crippen LogP contribution is -2.33. The molecule has 68 valence electrons. The molecule has 12 heavy (non-hydrogen) atoms. The molecule has 1 aliphatic rings. The van der Waals surface area contributed by atoms with E-state index in [4.69, 9.17) is 8.85 Å². The molecule has 0 spiro atoms. The van der Waals surface area contributed by atoms with Crippen molar-refractivity contribution in [1.29, 1.82) is 0 Å². The Bertz CT molecular complexity index is 285. The van der Waals surface area contributed by atoms with Crippen LogP contribution in [0, 0.1) is 5.41 Å². The van der Waals surface area contributed by atoms with Gasteiger partial charge in [-0.15, -0.1) is 0 Å². The molecule has 0 heterocycles. The van der Waals surface area contributed by atoms with Crippen LogP contribution in [0.25, 0.3) is 0 Å². The molecule has 1 fully saturated rings. The number of hydrogen-bond donors (Lipinski definition) is 0. The molecule has 1 saturated carbocycles. The summed E-state index contributed by atoms with van der Waals surface area (Å²) in [5.41, 5.74) is -1.90. The lowest BCUT2D eigenvalue weighted by molar-refractivity contribution is -0.157. The van der Waals surface area contributed by atoms with Crippen LogP contribution in [0.3, 0.4) is 0 Å². The summed E-state index contributed by atoms with van der Waals surface area (Å²) in [6.45, 7) is -0.929. The van der Waals surface area contributed by atoms with Crippen molar-refractivity contribution >= 4 is 11.8 Å². The molecule has 0 aromatic rings. The average molecular weight is 173 g/mol. The SMILES string of the molecule is [2H]C([2H])([2H])C1(C(=O)OCC)CCCC1=O. The predicted molar refractivity (Wildman–Crippen MR) is 43.6 cm³/mol. The largest absolute Gasteiger partial charge is 0.465 e. The fraction of sp³-hybridized carbons (Fsp3) is 0.778. The Morgan fingerprint density at radius 1 is 1.83 bits per heavy atom. The normalized spacial score (nSPS) is 33.8. The summed E-state index contributed by atoms with van der Waals surface area (Å²) in [4.78, 5) is 23.2. The number of hydrogen-bond acceptors (Lipinski definition) is 3. The molecular formula is C9H14O3. The predicted octanol–water partition coefficient (Wildman–Crippen LogP) is 1.31. The van der Waals surface area contributed by atoms with E-state index in [0.29, 0.717) is 6.42 Å². The van der Waals surface area contributed by atoms with Gasteiger partial charge in [-0.05, 0) is 26.6 Å². The number of Topliss-reactive ketones (excluding diaryl/α,β-unsaturated/α-hetero) is 1. The molecule has 0 radical (unpaired) electrons. The number of carbonyl (C=O) groups is 2. The highest BCUT2D eigenvalue weighted by Crippen LogP contribution is 2.35. The highest BCUT2D eigenvalue weighted by Gasteiger charge is 2.45. The molecule has 3 nitrogen and oxygen atoms in total. The van der Waals surface area contributed by atoms with Gasteiger partial charge in [-0.25, -0.2) is 0 Å². The van der Waals surface area contributed by atoms with Gasteiger partial charge in [0.25, 0.3) is 0 Å². The first-order chi connectivity index (χ1) is 6.86. The molecule has 1 unspecified atom stereocenters. The van der Waals surface area contributed by atoms with Gasteiger partial charge in [-0.1, -0.05) is 0 Å². The van der Waals surface area contributed by atoms with Gasteiger partial charge in [0.1, 0.15) is 11.2 Å². The summed E-state index contributed by atoms with van der Waals surface area (Å²) in [7, 11) is 0. The summed E-state index contributed by atoms with van der Waals surface area (Å²) >= 11 is 0. The zero-order valence-corrected chi connectivity index (χ0v) is 7.05. The third kappa shape index (κ3) is 1.36. The number of carbonyl (C=O) groups excluding carboxylic acids is 2. The molecule has 0 aromatic carbocycles. The first-order valence-electron chi connectivity index (χ1n) is 5.57. The van der Waals surface area contributed by atoms with E-state index in [9.17, 15) is 9.59 Å². The number of ether oxygens (including phenoxy) is 1. The Morgan fingerprint density at radius 2 is 2.58 bits per heavy atom. The van der Waals surface area contributed by atoms with Crippen molar-refractivity contribution in [1.82, 2.24) is 0 Å². The van der Waals surface area contributed by atoms with E-state index < -0.39 is 24.0 Å². The summed E-state index contributed by atoms with van der Waals surface area (Å²) in [6, 6.07) is 0. The van der Waals surface area contributed by atoms with Crippen molar-refractivity contribution in [2.24, 2.45) is 5.41 Å². The highest BCUT2D eigenvalue weighted by molar-refractivity contribution is 6.04. The summed E-state index contributed by atoms with van der Waals surface area (Å²) in [6.07, 6.45) is 0.661. The van der Waals surface area contributed by atoms with Gasteiger partial charge in [0.2, 0.25) is 0 Å². The fourth-order valence-corrected chi connectivity index (χ4v) is 1.34. The minimum Gasteiger partial charge on any atom is -0.465 e. The Kier molecular flexibility index (Phi) is 1.55. The second-order valence-corrected chi connectivity index (χ2v) is 2.90. The summed E-state index contributed by atoms with van der Waals surface area (Å²) < 4.78 is 26.7. The minimum atomic E-state index is -2.60. The zero-order valence-electron chi connectivity index (χ0n) is 10.1. The van der Waals surface area contributed by atoms with Gasteiger partial charge < -0.3 is 4.74 Å². The fourth-order valence-electron chi connectivity index (χ4n) is 1.34. The van der Waals surface area contributed by atoms with Crippen LogP contribution in [0.1, 0.15) is 37.2 Å². The monoisotopic (exact) mass is 173 g/mol. The standard InChI is InChI=1S/C9H14O3/c1-3-12-8(11)9(2)6-4-5-7(9)10/h3-6H2,1-2H3/i2D3. The Hall–Kier alpha value is -0.860. The van der Waals surface area contributed by atoms with Crippen LogP contribution in [-0.2, 0) is 14.3 Å². The minimum absolute atomic E-state index is 0.0706. The maximum absolute atomic E-state index is 11.6. The third-order valence-electron chi connectivity index (χ3n) is 2.06. The molecule has 1 rings (SSSR count). The lowest BCUT2D eigenvalue weighted by atomic mass is 9.88. The highest BCUT2D eigenvalue weighted by atomic mass is 16.5. The molecule has 1 aliphatic carbocycles. The first kappa shape index (κ1) is 5.73. The van der Waals surface area contributed by atoms with Crippen molar-refractivity contribution in [3.8, 4) is 0 Å². The lowest BCUT2D eigenvalue weighted by Gasteiger charge is -2.18. The molecule has 1 atom stereocenters. The average Bonchev–Trinajstić information content (AvgIpc) is 2.47. The number of rotatable bonds is 2. The van der Waals surface area contributed by atoms with E-state index in [1.165, 1.54) is 0 Å². The molecule has 0 amide bonds. The van der Waals surface area contributed by atoms with E-state index >= 15 is 0 Å². The number of ketones is 1. The maximum Gasteiger partial charge on any atom is 0.319 e. The van der Waals surface area contributed by atoms with E-state index in [-0.39, 0.29) is 19.4 Å². The van der Waals surface area contributed by atoms with Crippen molar-refractivity contribution in [3.63, 3.8) is 0 Å². The zero-order chi connectivity index (χ0) is 11.7. The molecule has 0 saturated heterocycles. The summed E-state index contributed by atoms with van der Waals surface area (Å²) in [5, 5.41) is 0. The quantitative estimate of drug-likeness (QED) is 0.467. The molecule has 3 heteroatoms. The van der Waals surface area contributed by atoms with Gasteiger partial charge in [0, 0.05) is 10.5 Å². The van der Waals surface area contributed by atoms with Gasteiger partial charge in [0.15, 0.2) is 0 Å². The van der Waals surface area contributed by atoms with Crippen LogP contribution in [0.2, 0.25) is 0 Å². The maximum atomic E-state index is 11.6. The Labute approximate surface area is 76.3 Å². The van der Waals surface area contributed by atoms with E-state index in [1.54, 1.807) is 6.92 Å². The van der Waals surface area contributed by atoms with Gasteiger partial charge in [0.05, 0.1) is 6.61 Å². The van der Waals surface area contributed by atoms with Crippen LogP contribution < -0.4 is 0 Å². The molecule has 0 bridgehead atoms. The summed E-state index contributed by atoms with van der Waals surface area (Å²) in [5.74, 6) is -1.41. The van der Waals surface area contributed by atoms with E-state index in [1.807, 2.05) is 0 Å². The van der Waals surface area contributed by atoms with Gasteiger partial charge >= 0.3 is 5.97 Å². The smallest absolute Gasteiger partial charge is 0.319 e. The van der Waals surface area contributed by atoms with Crippen molar-refractivity contribution < 1.29 is 18.4 Å². The van der Waals surface area contributed by atoms with E-state index in [0.717, 1.165) is 0 Å². The van der Waals surface area contributed by atoms with Crippen LogP contribution in [-0.4, -0.2) is 18.4 Å². The Morgan fingerprint density at radius 3 is 3.00 bits per heavy atom. The molecule has 0 aromatic heterocycles. The van der Waals surface area contributed by atoms with Gasteiger partial charge in [-0.2, -0.15) is 0 Å². The molecular weight excluding hydrogens is 156 g/mol. The van der Waals surface area contributed by atoms with Crippen LogP contribution in [0.15, 0.2) is 0 Å². The first-order valence-corrected chi connectivity index (χ1v) is 4.07. The van der Waals surface area contributed by atoms with Crippen molar-refractivity contribution in [2.45, 2.75) is 33.0 Å². The van der Waals surface area contributed by atoms with E-state index in [2.05, 4.69) is 0 Å². The number of esters is 1. The second-order valence-electron chi connectivity index (χ2n) is 2.90. The molecule has 0 aliphatic heterocycles. The third-order valence-corrected chi connectivity index (χ3v) is 2.06. The topological polar surface area (TPSA) is 43.4 Å². The van der Waals surface area contributed by atoms with Crippen LogP contribution in [0.4, 0.5) is 0 Å². The van der Waals surface area contributed by atoms with Crippen LogP contribution in [0.5, 0.6) is 0 Å². The van der Waals surface area contributed by atoms with Crippen molar-refractivity contribution in [2.75, 3.05) is 6.61 Å². The van der Waals surface area contributed by atoms with Crippen molar-refractivity contribution in [3.05, 3.63) is 0 Å². The Balaban J connectivity index is 3.08. The molecule has 0 N–H and O–H groups in total. The van der Waals surface area contributed by atoms with Gasteiger partial charge in [-0.3, -0.25) is 9.59 Å². The second kappa shape index (κ2) is 3.25.